The molecule has 0 N–H and O–H groups in total. The van der Waals surface area contributed by atoms with Gasteiger partial charge < -0.3 is 14.5 Å². The van der Waals surface area contributed by atoms with Crippen LogP contribution in [0.3, 0.4) is 0 Å². The van der Waals surface area contributed by atoms with E-state index in [1.54, 1.807) is 18.0 Å². The summed E-state index contributed by atoms with van der Waals surface area (Å²) in [4.78, 5) is 10.8. The van der Waals surface area contributed by atoms with Gasteiger partial charge in [-0.3, -0.25) is 9.88 Å². The van der Waals surface area contributed by atoms with E-state index in [1.807, 2.05) is 7.05 Å². The van der Waals surface area contributed by atoms with Crippen molar-refractivity contribution in [1.82, 2.24) is 14.8 Å². The highest BCUT2D eigenvalue weighted by atomic mass is 19.1. The van der Waals surface area contributed by atoms with Gasteiger partial charge in [-0.2, -0.15) is 0 Å². The zero-order chi connectivity index (χ0) is 17.9. The van der Waals surface area contributed by atoms with E-state index >= 15 is 0 Å². The third-order valence-corrected chi connectivity index (χ3v) is 5.78. The van der Waals surface area contributed by atoms with Crippen molar-refractivity contribution in [3.8, 4) is 0 Å². The molecule has 2 atom stereocenters. The molecule has 0 aromatic carbocycles. The van der Waals surface area contributed by atoms with Gasteiger partial charge in [0.15, 0.2) is 11.6 Å². The molecule has 0 spiro atoms. The molecule has 5 nitrogen and oxygen atoms in total. The van der Waals surface area contributed by atoms with E-state index < -0.39 is 0 Å². The van der Waals surface area contributed by atoms with E-state index in [1.165, 1.54) is 0 Å². The maximum Gasteiger partial charge on any atom is 0.168 e. The number of fused-ring (bicyclic) bond motifs is 4. The number of rotatable bonds is 0. The van der Waals surface area contributed by atoms with Crippen LogP contribution < -0.4 is 4.90 Å². The van der Waals surface area contributed by atoms with Crippen molar-refractivity contribution in [3.05, 3.63) is 41.3 Å². The largest absolute Gasteiger partial charge is 0.489 e. The first-order valence-corrected chi connectivity index (χ1v) is 8.82. The van der Waals surface area contributed by atoms with Gasteiger partial charge in [0, 0.05) is 50.4 Å². The van der Waals surface area contributed by atoms with Crippen LogP contribution in [0.2, 0.25) is 0 Å². The number of piperazine rings is 1. The molecular formula is C19H25FN4O. The van der Waals surface area contributed by atoms with Gasteiger partial charge in [0.2, 0.25) is 0 Å². The second-order valence-corrected chi connectivity index (χ2v) is 7.34. The van der Waals surface area contributed by atoms with Crippen molar-refractivity contribution >= 4 is 11.4 Å². The van der Waals surface area contributed by atoms with Crippen LogP contribution in [0, 0.1) is 12.7 Å². The Morgan fingerprint density at radius 1 is 1.32 bits per heavy atom. The molecule has 0 bridgehead atoms. The highest BCUT2D eigenvalue weighted by molar-refractivity contribution is 5.85. The van der Waals surface area contributed by atoms with Crippen LogP contribution in [0.5, 0.6) is 0 Å². The molecule has 1 aromatic heterocycles. The molecule has 0 radical (unpaired) electrons. The summed E-state index contributed by atoms with van der Waals surface area (Å²) < 4.78 is 21.0. The van der Waals surface area contributed by atoms with Gasteiger partial charge in [0.05, 0.1) is 29.4 Å². The molecule has 0 saturated carbocycles. The summed E-state index contributed by atoms with van der Waals surface area (Å²) >= 11 is 0. The maximum absolute atomic E-state index is 14.9. The average molecular weight is 344 g/mol. The maximum atomic E-state index is 14.9. The molecule has 0 aliphatic carbocycles. The van der Waals surface area contributed by atoms with Gasteiger partial charge in [-0.1, -0.05) is 6.58 Å². The number of halogens is 1. The van der Waals surface area contributed by atoms with Crippen molar-refractivity contribution < 1.29 is 9.13 Å². The number of nitrogens with zero attached hydrogens (tertiary/aromatic N) is 4. The van der Waals surface area contributed by atoms with Crippen molar-refractivity contribution in [2.75, 3.05) is 38.7 Å². The van der Waals surface area contributed by atoms with Crippen LogP contribution in [-0.4, -0.2) is 60.7 Å². The minimum Gasteiger partial charge on any atom is -0.489 e. The fraction of sp³-hybridized carbons (Fsp3) is 0.526. The number of anilines is 1. The molecule has 1 saturated heterocycles. The Balaban J connectivity index is 1.92. The molecule has 1 aromatic rings. The molecule has 1 fully saturated rings. The summed E-state index contributed by atoms with van der Waals surface area (Å²) in [5.74, 6) is 0.481. The van der Waals surface area contributed by atoms with Gasteiger partial charge in [0.25, 0.3) is 0 Å². The summed E-state index contributed by atoms with van der Waals surface area (Å²) in [6.07, 6.45) is 2.72. The number of hydrogen-bond acceptors (Lipinski definition) is 5. The van der Waals surface area contributed by atoms with Crippen LogP contribution in [0.15, 0.2) is 24.2 Å². The average Bonchev–Trinajstić information content (AvgIpc) is 2.75. The third kappa shape index (κ3) is 2.34. The first-order valence-electron chi connectivity index (χ1n) is 8.82. The second-order valence-electron chi connectivity index (χ2n) is 7.34. The van der Waals surface area contributed by atoms with Crippen LogP contribution in [0.4, 0.5) is 10.1 Å². The van der Waals surface area contributed by atoms with E-state index in [0.717, 1.165) is 36.5 Å². The summed E-state index contributed by atoms with van der Waals surface area (Å²) in [5.41, 5.74) is 3.41. The molecule has 2 unspecified atom stereocenters. The molecule has 3 aliphatic rings. The Morgan fingerprint density at radius 2 is 2.08 bits per heavy atom. The predicted molar refractivity (Wildman–Crippen MR) is 96.6 cm³/mol. The lowest BCUT2D eigenvalue weighted by atomic mass is 9.97. The van der Waals surface area contributed by atoms with Crippen molar-refractivity contribution in [3.63, 3.8) is 0 Å². The molecule has 134 valence electrons. The van der Waals surface area contributed by atoms with E-state index in [2.05, 4.69) is 35.3 Å². The van der Waals surface area contributed by atoms with Crippen LogP contribution in [-0.2, 0) is 4.74 Å². The van der Waals surface area contributed by atoms with Crippen molar-refractivity contribution in [2.45, 2.75) is 32.4 Å². The lowest BCUT2D eigenvalue weighted by Crippen LogP contribution is -2.55. The lowest BCUT2D eigenvalue weighted by Gasteiger charge is -2.46. The number of ether oxygens (including phenoxy) is 1. The summed E-state index contributed by atoms with van der Waals surface area (Å²) in [6.45, 7) is 10.6. The summed E-state index contributed by atoms with van der Waals surface area (Å²) in [6, 6.07) is 0.768. The van der Waals surface area contributed by atoms with Gasteiger partial charge in [-0.25, -0.2) is 4.39 Å². The fourth-order valence-electron chi connectivity index (χ4n) is 4.06. The van der Waals surface area contributed by atoms with Crippen molar-refractivity contribution in [2.24, 2.45) is 0 Å². The monoisotopic (exact) mass is 344 g/mol. The standard InChI is InChI=1S/C19H25FN4O/c1-11-9-24-14(10-22(11)4)6-7-25-19-13(3)23(5)17-15(18(19)24)8-21-12(2)16(17)20/h8,11,14H,3,6-7,9-10H2,1-2,4-5H3. The quantitative estimate of drug-likeness (QED) is 0.722. The highest BCUT2D eigenvalue weighted by Gasteiger charge is 2.40. The minimum absolute atomic E-state index is 0.282. The van der Waals surface area contributed by atoms with Crippen LogP contribution in [0.1, 0.15) is 24.6 Å². The first-order chi connectivity index (χ1) is 11.9. The number of aromatic nitrogens is 1. The Labute approximate surface area is 148 Å². The third-order valence-electron chi connectivity index (χ3n) is 5.78. The van der Waals surface area contributed by atoms with Gasteiger partial charge in [-0.05, 0) is 20.9 Å². The molecule has 4 rings (SSSR count). The van der Waals surface area contributed by atoms with E-state index in [4.69, 9.17) is 4.74 Å². The van der Waals surface area contributed by atoms with Gasteiger partial charge >= 0.3 is 0 Å². The van der Waals surface area contributed by atoms with Crippen LogP contribution in [0.25, 0.3) is 5.70 Å². The van der Waals surface area contributed by atoms with E-state index in [0.29, 0.717) is 35.8 Å². The Kier molecular flexibility index (Phi) is 3.76. The molecule has 0 amide bonds. The normalized spacial score (nSPS) is 26.7. The molecular weight excluding hydrogens is 319 g/mol. The van der Waals surface area contributed by atoms with Gasteiger partial charge in [-0.15, -0.1) is 0 Å². The van der Waals surface area contributed by atoms with Crippen LogP contribution >= 0.6 is 0 Å². The number of hydrogen-bond donors (Lipinski definition) is 0. The Morgan fingerprint density at radius 3 is 2.84 bits per heavy atom. The lowest BCUT2D eigenvalue weighted by molar-refractivity contribution is 0.0864. The smallest absolute Gasteiger partial charge is 0.168 e. The fourth-order valence-corrected chi connectivity index (χ4v) is 4.06. The zero-order valence-electron chi connectivity index (χ0n) is 15.3. The van der Waals surface area contributed by atoms with E-state index in [9.17, 15) is 4.39 Å². The minimum atomic E-state index is -0.282. The zero-order valence-corrected chi connectivity index (χ0v) is 15.3. The van der Waals surface area contributed by atoms with E-state index in [-0.39, 0.29) is 5.82 Å². The summed E-state index contributed by atoms with van der Waals surface area (Å²) in [5, 5.41) is 0. The number of pyridine rings is 1. The Hall–Kier alpha value is -2.08. The second kappa shape index (κ2) is 5.73. The number of likely N-dealkylation sites (N-methyl/N-ethyl adjacent to an activating group) is 2. The topological polar surface area (TPSA) is 31.8 Å². The van der Waals surface area contributed by atoms with Gasteiger partial charge in [0.1, 0.15) is 0 Å². The SMILES string of the molecule is C=C1C2=C(c3cnc(C)c(F)c3N1C)N1CC(C)N(C)CC1CCO2. The summed E-state index contributed by atoms with van der Waals surface area (Å²) in [7, 11) is 4.00. The molecule has 3 aliphatic heterocycles. The van der Waals surface area contributed by atoms with Crippen molar-refractivity contribution in [1.29, 1.82) is 0 Å². The molecule has 4 heterocycles. The number of aryl methyl sites for hydroxylation is 1. The molecule has 6 heteroatoms. The molecule has 25 heavy (non-hydrogen) atoms. The first kappa shape index (κ1) is 16.4. The highest BCUT2D eigenvalue weighted by Crippen LogP contribution is 2.45. The predicted octanol–water partition coefficient (Wildman–Crippen LogP) is 2.59. The Bertz CT molecular complexity index is 775.